The van der Waals surface area contributed by atoms with Crippen LogP contribution in [0.5, 0.6) is 0 Å². The van der Waals surface area contributed by atoms with Gasteiger partial charge in [0, 0.05) is 7.05 Å². The van der Waals surface area contributed by atoms with Crippen molar-refractivity contribution in [2.75, 3.05) is 26.7 Å². The minimum Gasteiger partial charge on any atom is -0.344 e. The Hall–Kier alpha value is -2.65. The van der Waals surface area contributed by atoms with Crippen LogP contribution in [0.2, 0.25) is 0 Å². The van der Waals surface area contributed by atoms with Crippen LogP contribution in [-0.4, -0.2) is 47.3 Å². The highest BCUT2D eigenvalue weighted by molar-refractivity contribution is 5.78. The number of nitrogens with zero attached hydrogens (tertiary/aromatic N) is 3. The Kier molecular flexibility index (Phi) is 6.72. The second kappa shape index (κ2) is 9.00. The van der Waals surface area contributed by atoms with Crippen molar-refractivity contribution in [3.05, 3.63) is 41.8 Å². The highest BCUT2D eigenvalue weighted by atomic mass is 19.1. The van der Waals surface area contributed by atoms with Gasteiger partial charge in [0.15, 0.2) is 0 Å². The lowest BCUT2D eigenvalue weighted by atomic mass is 10.1. The molecule has 0 saturated heterocycles. The van der Waals surface area contributed by atoms with Crippen LogP contribution in [0.3, 0.4) is 0 Å². The predicted molar refractivity (Wildman–Crippen MR) is 96.3 cm³/mol. The lowest BCUT2D eigenvalue weighted by molar-refractivity contribution is -0.121. The summed E-state index contributed by atoms with van der Waals surface area (Å²) in [6, 6.07) is 8.41. The Bertz CT molecular complexity index is 746. The van der Waals surface area contributed by atoms with Crippen molar-refractivity contribution in [1.82, 2.24) is 20.0 Å². The van der Waals surface area contributed by atoms with Crippen molar-refractivity contribution in [1.29, 1.82) is 0 Å². The highest BCUT2D eigenvalue weighted by Crippen LogP contribution is 2.20. The third-order valence-electron chi connectivity index (χ3n) is 3.84. The van der Waals surface area contributed by atoms with Gasteiger partial charge in [-0.1, -0.05) is 5.92 Å². The molecular formula is C19H23FN4O. The first-order valence-corrected chi connectivity index (χ1v) is 8.17. The zero-order chi connectivity index (χ0) is 18.2. The molecule has 132 valence electrons. The fourth-order valence-corrected chi connectivity index (χ4v) is 2.60. The maximum atomic E-state index is 13.0. The molecule has 0 saturated carbocycles. The summed E-state index contributed by atoms with van der Waals surface area (Å²) < 4.78 is 14.8. The SMILES string of the molecule is C#CCNC(=O)CN(C)CCCc1cc(-c2ccc(F)cc2)n(C)n1. The molecule has 1 aromatic carbocycles. The van der Waals surface area contributed by atoms with E-state index in [1.165, 1.54) is 12.1 Å². The minimum atomic E-state index is -0.250. The van der Waals surface area contributed by atoms with Crippen molar-refractivity contribution < 1.29 is 9.18 Å². The zero-order valence-electron chi connectivity index (χ0n) is 14.6. The first-order valence-electron chi connectivity index (χ1n) is 8.17. The Morgan fingerprint density at radius 2 is 2.12 bits per heavy atom. The Balaban J connectivity index is 1.84. The van der Waals surface area contributed by atoms with E-state index in [4.69, 9.17) is 6.42 Å². The number of hydrogen-bond acceptors (Lipinski definition) is 3. The lowest BCUT2D eigenvalue weighted by Gasteiger charge is -2.15. The van der Waals surface area contributed by atoms with E-state index in [9.17, 15) is 9.18 Å². The zero-order valence-corrected chi connectivity index (χ0v) is 14.6. The van der Waals surface area contributed by atoms with Gasteiger partial charge >= 0.3 is 0 Å². The summed E-state index contributed by atoms with van der Waals surface area (Å²) in [4.78, 5) is 13.5. The van der Waals surface area contributed by atoms with E-state index in [1.54, 1.807) is 16.8 Å². The number of aryl methyl sites for hydroxylation is 2. The van der Waals surface area contributed by atoms with E-state index in [-0.39, 0.29) is 18.3 Å². The van der Waals surface area contributed by atoms with Gasteiger partial charge in [0.2, 0.25) is 5.91 Å². The molecule has 1 aromatic heterocycles. The van der Waals surface area contributed by atoms with Crippen LogP contribution in [-0.2, 0) is 18.3 Å². The molecule has 0 spiro atoms. The third-order valence-corrected chi connectivity index (χ3v) is 3.84. The molecule has 0 atom stereocenters. The van der Waals surface area contributed by atoms with E-state index < -0.39 is 0 Å². The second-order valence-corrected chi connectivity index (χ2v) is 5.97. The molecule has 0 aliphatic carbocycles. The Labute approximate surface area is 147 Å². The van der Waals surface area contributed by atoms with Crippen LogP contribution >= 0.6 is 0 Å². The van der Waals surface area contributed by atoms with Gasteiger partial charge in [-0.3, -0.25) is 14.4 Å². The van der Waals surface area contributed by atoms with Crippen LogP contribution in [0.15, 0.2) is 30.3 Å². The average Bonchev–Trinajstić information content (AvgIpc) is 2.94. The van der Waals surface area contributed by atoms with Crippen LogP contribution in [0.1, 0.15) is 12.1 Å². The van der Waals surface area contributed by atoms with Gasteiger partial charge < -0.3 is 5.32 Å². The maximum Gasteiger partial charge on any atom is 0.234 e. The van der Waals surface area contributed by atoms with Crippen LogP contribution in [0.25, 0.3) is 11.3 Å². The molecule has 0 bridgehead atoms. The summed E-state index contributed by atoms with van der Waals surface area (Å²) in [6.45, 7) is 1.36. The number of rotatable bonds is 8. The van der Waals surface area contributed by atoms with E-state index in [0.717, 1.165) is 36.3 Å². The molecule has 1 N–H and O–H groups in total. The van der Waals surface area contributed by atoms with Crippen LogP contribution < -0.4 is 5.32 Å². The summed E-state index contributed by atoms with van der Waals surface area (Å²) in [5, 5.41) is 7.16. The number of carbonyl (C=O) groups excluding carboxylic acids is 1. The molecule has 0 aliphatic rings. The van der Waals surface area contributed by atoms with Crippen LogP contribution in [0, 0.1) is 18.2 Å². The molecule has 0 aliphatic heterocycles. The van der Waals surface area contributed by atoms with E-state index in [2.05, 4.69) is 16.3 Å². The van der Waals surface area contributed by atoms with Gasteiger partial charge in [-0.15, -0.1) is 6.42 Å². The molecule has 0 fully saturated rings. The molecule has 25 heavy (non-hydrogen) atoms. The Morgan fingerprint density at radius 3 is 2.80 bits per heavy atom. The summed E-state index contributed by atoms with van der Waals surface area (Å²) in [7, 11) is 3.78. The smallest absolute Gasteiger partial charge is 0.234 e. The molecule has 1 heterocycles. The van der Waals surface area contributed by atoms with E-state index >= 15 is 0 Å². The summed E-state index contributed by atoms with van der Waals surface area (Å²) in [5.74, 6) is 2.06. The minimum absolute atomic E-state index is 0.0723. The van der Waals surface area contributed by atoms with Crippen molar-refractivity contribution in [2.45, 2.75) is 12.8 Å². The monoisotopic (exact) mass is 342 g/mol. The molecule has 2 rings (SSSR count). The number of benzene rings is 1. The highest BCUT2D eigenvalue weighted by Gasteiger charge is 2.09. The standard InChI is InChI=1S/C19H23FN4O/c1-4-11-21-19(25)14-23(2)12-5-6-17-13-18(24(3)22-17)15-7-9-16(20)10-8-15/h1,7-10,13H,5-6,11-12,14H2,2-3H3,(H,21,25). The van der Waals surface area contributed by atoms with E-state index in [0.29, 0.717) is 6.54 Å². The van der Waals surface area contributed by atoms with Crippen molar-refractivity contribution >= 4 is 5.91 Å². The molecular weight excluding hydrogens is 319 g/mol. The van der Waals surface area contributed by atoms with Gasteiger partial charge in [-0.25, -0.2) is 4.39 Å². The van der Waals surface area contributed by atoms with E-state index in [1.807, 2.05) is 25.1 Å². The fourth-order valence-electron chi connectivity index (χ4n) is 2.60. The number of amides is 1. The maximum absolute atomic E-state index is 13.0. The van der Waals surface area contributed by atoms with Crippen molar-refractivity contribution in [3.63, 3.8) is 0 Å². The number of hydrogen-bond donors (Lipinski definition) is 1. The summed E-state index contributed by atoms with van der Waals surface area (Å²) >= 11 is 0. The quantitative estimate of drug-likeness (QED) is 0.745. The molecule has 1 amide bonds. The number of carbonyl (C=O) groups is 1. The molecule has 0 radical (unpaired) electrons. The first kappa shape index (κ1) is 18.7. The number of aromatic nitrogens is 2. The normalized spacial score (nSPS) is 10.7. The number of terminal acetylenes is 1. The van der Waals surface area contributed by atoms with Gasteiger partial charge in [0.05, 0.1) is 24.5 Å². The van der Waals surface area contributed by atoms with Gasteiger partial charge in [-0.2, -0.15) is 5.10 Å². The first-order chi connectivity index (χ1) is 12.0. The molecule has 0 unspecified atom stereocenters. The molecule has 6 heteroatoms. The summed E-state index contributed by atoms with van der Waals surface area (Å²) in [5.41, 5.74) is 2.87. The number of likely N-dealkylation sites (N-methyl/N-ethyl adjacent to an activating group) is 1. The van der Waals surface area contributed by atoms with Gasteiger partial charge in [0.25, 0.3) is 0 Å². The predicted octanol–water partition coefficient (Wildman–Crippen LogP) is 1.84. The summed E-state index contributed by atoms with van der Waals surface area (Å²) in [6.07, 6.45) is 6.81. The third kappa shape index (κ3) is 5.73. The second-order valence-electron chi connectivity index (χ2n) is 5.97. The largest absolute Gasteiger partial charge is 0.344 e. The average molecular weight is 342 g/mol. The molecule has 5 nitrogen and oxygen atoms in total. The lowest BCUT2D eigenvalue weighted by Crippen LogP contribution is -2.35. The Morgan fingerprint density at radius 1 is 1.40 bits per heavy atom. The van der Waals surface area contributed by atoms with Gasteiger partial charge in [-0.05, 0) is 62.3 Å². The fraction of sp³-hybridized carbons (Fsp3) is 0.368. The van der Waals surface area contributed by atoms with Crippen molar-refractivity contribution in [2.24, 2.45) is 7.05 Å². The van der Waals surface area contributed by atoms with Gasteiger partial charge in [0.1, 0.15) is 5.82 Å². The number of halogens is 1. The molecule has 2 aromatic rings. The number of nitrogens with one attached hydrogen (secondary N) is 1. The topological polar surface area (TPSA) is 50.2 Å². The van der Waals surface area contributed by atoms with Crippen LogP contribution in [0.4, 0.5) is 4.39 Å². The van der Waals surface area contributed by atoms with Crippen molar-refractivity contribution in [3.8, 4) is 23.6 Å².